The number of benzene rings is 1. The van der Waals surface area contributed by atoms with Crippen LogP contribution in [-0.2, 0) is 7.05 Å². The Balaban J connectivity index is 2.68. The molecular weight excluding hydrogens is 336 g/mol. The van der Waals surface area contributed by atoms with Crippen LogP contribution in [0.4, 0.5) is 5.69 Å². The highest BCUT2D eigenvalue weighted by Gasteiger charge is 2.13. The number of anilines is 1. The highest BCUT2D eigenvalue weighted by molar-refractivity contribution is 9.11. The first-order valence-electron chi connectivity index (χ1n) is 4.61. The van der Waals surface area contributed by atoms with E-state index in [2.05, 4.69) is 41.9 Å². The summed E-state index contributed by atoms with van der Waals surface area (Å²) < 4.78 is 3.52. The van der Waals surface area contributed by atoms with E-state index in [1.54, 1.807) is 4.68 Å². The summed E-state index contributed by atoms with van der Waals surface area (Å²) in [4.78, 5) is 4.35. The summed E-state index contributed by atoms with van der Waals surface area (Å²) in [6, 6.07) is 3.84. The molecule has 0 amide bonds. The van der Waals surface area contributed by atoms with Crippen LogP contribution >= 0.6 is 31.9 Å². The predicted octanol–water partition coefficient (Wildman–Crippen LogP) is 2.90. The molecule has 0 fully saturated rings. The second-order valence-corrected chi connectivity index (χ2v) is 5.23. The van der Waals surface area contributed by atoms with E-state index in [0.717, 1.165) is 26.2 Å². The molecule has 6 heteroatoms. The lowest BCUT2D eigenvalue weighted by Crippen LogP contribution is -1.99. The molecule has 0 aliphatic heterocycles. The zero-order chi connectivity index (χ0) is 11.9. The highest BCUT2D eigenvalue weighted by atomic mass is 79.9. The number of halogens is 2. The lowest BCUT2D eigenvalue weighted by molar-refractivity contribution is 0.764. The van der Waals surface area contributed by atoms with Gasteiger partial charge in [-0.25, -0.2) is 9.67 Å². The Morgan fingerprint density at radius 3 is 2.56 bits per heavy atom. The summed E-state index contributed by atoms with van der Waals surface area (Å²) in [5.74, 6) is 1.49. The van der Waals surface area contributed by atoms with Crippen LogP contribution in [0.3, 0.4) is 0 Å². The number of hydrogen-bond donors (Lipinski definition) is 1. The molecule has 0 unspecified atom stereocenters. The third kappa shape index (κ3) is 1.99. The average Bonchev–Trinajstić information content (AvgIpc) is 2.51. The van der Waals surface area contributed by atoms with Crippen molar-refractivity contribution in [3.05, 3.63) is 26.9 Å². The molecule has 1 aromatic carbocycles. The summed E-state index contributed by atoms with van der Waals surface area (Å²) in [6.45, 7) is 1.85. The number of aromatic nitrogens is 3. The van der Waals surface area contributed by atoms with Crippen molar-refractivity contribution in [3.63, 3.8) is 0 Å². The van der Waals surface area contributed by atoms with Crippen molar-refractivity contribution < 1.29 is 0 Å². The van der Waals surface area contributed by atoms with Gasteiger partial charge in [-0.1, -0.05) is 15.9 Å². The van der Waals surface area contributed by atoms with Crippen molar-refractivity contribution >= 4 is 37.5 Å². The van der Waals surface area contributed by atoms with Crippen LogP contribution in [0.5, 0.6) is 0 Å². The third-order valence-electron chi connectivity index (χ3n) is 2.20. The van der Waals surface area contributed by atoms with Crippen LogP contribution in [0.2, 0.25) is 0 Å². The summed E-state index contributed by atoms with van der Waals surface area (Å²) in [5.41, 5.74) is 7.54. The third-order valence-corrected chi connectivity index (χ3v) is 3.32. The molecule has 0 atom stereocenters. The van der Waals surface area contributed by atoms with Gasteiger partial charge in [0.15, 0.2) is 5.82 Å². The van der Waals surface area contributed by atoms with Crippen LogP contribution in [-0.4, -0.2) is 14.8 Å². The van der Waals surface area contributed by atoms with Gasteiger partial charge >= 0.3 is 0 Å². The first-order chi connectivity index (χ1) is 7.49. The summed E-state index contributed by atoms with van der Waals surface area (Å²) in [5, 5.41) is 4.21. The number of nitrogen functional groups attached to an aromatic ring is 1. The maximum atomic E-state index is 6.01. The van der Waals surface area contributed by atoms with Gasteiger partial charge in [-0.05, 0) is 35.0 Å². The van der Waals surface area contributed by atoms with Crippen molar-refractivity contribution in [2.45, 2.75) is 6.92 Å². The van der Waals surface area contributed by atoms with Crippen molar-refractivity contribution in [3.8, 4) is 11.4 Å². The van der Waals surface area contributed by atoms with E-state index in [1.165, 1.54) is 0 Å². The van der Waals surface area contributed by atoms with Gasteiger partial charge in [0.2, 0.25) is 0 Å². The fourth-order valence-corrected chi connectivity index (χ4v) is 2.74. The Bertz CT molecular complexity index is 548. The quantitative estimate of drug-likeness (QED) is 0.808. The molecule has 2 N–H and O–H groups in total. The van der Waals surface area contributed by atoms with Gasteiger partial charge in [0.1, 0.15) is 5.82 Å². The molecule has 84 valence electrons. The smallest absolute Gasteiger partial charge is 0.160 e. The Kier molecular flexibility index (Phi) is 3.03. The van der Waals surface area contributed by atoms with Gasteiger partial charge in [0.05, 0.1) is 5.69 Å². The molecule has 0 spiro atoms. The van der Waals surface area contributed by atoms with E-state index in [0.29, 0.717) is 5.69 Å². The average molecular weight is 346 g/mol. The number of rotatable bonds is 1. The van der Waals surface area contributed by atoms with E-state index in [9.17, 15) is 0 Å². The van der Waals surface area contributed by atoms with Crippen LogP contribution in [0.15, 0.2) is 21.1 Å². The topological polar surface area (TPSA) is 56.7 Å². The largest absolute Gasteiger partial charge is 0.397 e. The monoisotopic (exact) mass is 344 g/mol. The fourth-order valence-electron chi connectivity index (χ4n) is 1.52. The van der Waals surface area contributed by atoms with E-state index in [1.807, 2.05) is 26.1 Å². The molecule has 1 heterocycles. The predicted molar refractivity (Wildman–Crippen MR) is 71.0 cm³/mol. The Morgan fingerprint density at radius 1 is 1.31 bits per heavy atom. The number of hydrogen-bond acceptors (Lipinski definition) is 3. The van der Waals surface area contributed by atoms with Crippen molar-refractivity contribution in [1.82, 2.24) is 14.8 Å². The van der Waals surface area contributed by atoms with Crippen LogP contribution in [0.1, 0.15) is 5.82 Å². The Labute approximate surface area is 110 Å². The lowest BCUT2D eigenvalue weighted by Gasteiger charge is -2.07. The SMILES string of the molecule is Cc1nc(-c2cc(Br)cc(Br)c2N)n(C)n1. The van der Waals surface area contributed by atoms with Crippen LogP contribution < -0.4 is 5.73 Å². The first kappa shape index (κ1) is 11.6. The minimum absolute atomic E-state index is 0.665. The molecule has 0 aliphatic carbocycles. The van der Waals surface area contributed by atoms with E-state index in [-0.39, 0.29) is 0 Å². The molecule has 4 nitrogen and oxygen atoms in total. The number of nitrogens with zero attached hydrogens (tertiary/aromatic N) is 3. The summed E-state index contributed by atoms with van der Waals surface area (Å²) in [6.07, 6.45) is 0. The molecule has 16 heavy (non-hydrogen) atoms. The molecule has 0 aliphatic rings. The maximum absolute atomic E-state index is 6.01. The molecule has 0 saturated heterocycles. The van der Waals surface area contributed by atoms with E-state index < -0.39 is 0 Å². The number of aryl methyl sites for hydroxylation is 2. The Morgan fingerprint density at radius 2 is 2.00 bits per heavy atom. The fraction of sp³-hybridized carbons (Fsp3) is 0.200. The van der Waals surface area contributed by atoms with Gasteiger partial charge in [0, 0.05) is 21.6 Å². The second-order valence-electron chi connectivity index (χ2n) is 3.46. The zero-order valence-corrected chi connectivity index (χ0v) is 12.0. The lowest BCUT2D eigenvalue weighted by atomic mass is 10.1. The summed E-state index contributed by atoms with van der Waals surface area (Å²) >= 11 is 6.85. The molecule has 1 aromatic heterocycles. The summed E-state index contributed by atoms with van der Waals surface area (Å²) in [7, 11) is 1.85. The van der Waals surface area contributed by atoms with Gasteiger partial charge in [-0.3, -0.25) is 0 Å². The molecular formula is C10H10Br2N4. The van der Waals surface area contributed by atoms with Gasteiger partial charge in [-0.2, -0.15) is 5.10 Å². The molecule has 2 rings (SSSR count). The minimum atomic E-state index is 0.665. The number of nitrogens with two attached hydrogens (primary N) is 1. The van der Waals surface area contributed by atoms with E-state index in [4.69, 9.17) is 5.73 Å². The Hall–Kier alpha value is -0.880. The van der Waals surface area contributed by atoms with Gasteiger partial charge in [0.25, 0.3) is 0 Å². The first-order valence-corrected chi connectivity index (χ1v) is 6.20. The van der Waals surface area contributed by atoms with Crippen molar-refractivity contribution in [2.75, 3.05) is 5.73 Å². The zero-order valence-electron chi connectivity index (χ0n) is 8.83. The normalized spacial score (nSPS) is 10.8. The molecule has 0 bridgehead atoms. The second kappa shape index (κ2) is 4.18. The molecule has 2 aromatic rings. The molecule has 0 saturated carbocycles. The van der Waals surface area contributed by atoms with Gasteiger partial charge in [-0.15, -0.1) is 0 Å². The highest BCUT2D eigenvalue weighted by Crippen LogP contribution is 2.34. The van der Waals surface area contributed by atoms with Crippen LogP contribution in [0.25, 0.3) is 11.4 Å². The van der Waals surface area contributed by atoms with Crippen molar-refractivity contribution in [2.24, 2.45) is 7.05 Å². The van der Waals surface area contributed by atoms with Gasteiger partial charge < -0.3 is 5.73 Å². The van der Waals surface area contributed by atoms with Crippen molar-refractivity contribution in [1.29, 1.82) is 0 Å². The maximum Gasteiger partial charge on any atom is 0.160 e. The standard InChI is InChI=1S/C10H10Br2N4/c1-5-14-10(16(2)15-5)7-3-6(11)4-8(12)9(7)13/h3-4H,13H2,1-2H3. The van der Waals surface area contributed by atoms with E-state index >= 15 is 0 Å². The van der Waals surface area contributed by atoms with Crippen LogP contribution in [0, 0.1) is 6.92 Å². The molecule has 0 radical (unpaired) electrons. The minimum Gasteiger partial charge on any atom is -0.397 e.